The molecule has 0 saturated heterocycles. The third-order valence-corrected chi connectivity index (χ3v) is 3.25. The van der Waals surface area contributed by atoms with Gasteiger partial charge in [0.25, 0.3) is 0 Å². The minimum atomic E-state index is -0.412. The Morgan fingerprint density at radius 2 is 1.82 bits per heavy atom. The van der Waals surface area contributed by atoms with Gasteiger partial charge in [0.15, 0.2) is 5.78 Å². The van der Waals surface area contributed by atoms with E-state index in [1.54, 1.807) is 18.2 Å². The Bertz CT molecular complexity index is 578. The fraction of sp³-hybridized carbons (Fsp3) is 0.0714. The van der Waals surface area contributed by atoms with Gasteiger partial charge < -0.3 is 0 Å². The van der Waals surface area contributed by atoms with Crippen LogP contribution in [0.2, 0.25) is 0 Å². The van der Waals surface area contributed by atoms with E-state index < -0.39 is 5.82 Å². The SMILES string of the molecule is Cc1ccccc1C(=O)c1cc(F)ccc1Br. The fourth-order valence-electron chi connectivity index (χ4n) is 1.64. The van der Waals surface area contributed by atoms with Crippen molar-refractivity contribution >= 4 is 21.7 Å². The Labute approximate surface area is 107 Å². The number of rotatable bonds is 2. The molecule has 0 aliphatic carbocycles. The zero-order valence-electron chi connectivity index (χ0n) is 9.21. The Morgan fingerprint density at radius 3 is 2.53 bits per heavy atom. The molecule has 86 valence electrons. The Balaban J connectivity index is 2.51. The van der Waals surface area contributed by atoms with Crippen LogP contribution in [-0.2, 0) is 0 Å². The molecule has 0 N–H and O–H groups in total. The zero-order valence-corrected chi connectivity index (χ0v) is 10.8. The number of carbonyl (C=O) groups excluding carboxylic acids is 1. The third kappa shape index (κ3) is 2.44. The first kappa shape index (κ1) is 12.0. The van der Waals surface area contributed by atoms with Gasteiger partial charge in [0.2, 0.25) is 0 Å². The zero-order chi connectivity index (χ0) is 12.4. The van der Waals surface area contributed by atoms with E-state index in [-0.39, 0.29) is 5.78 Å². The summed E-state index contributed by atoms with van der Waals surface area (Å²) in [6, 6.07) is 11.4. The monoisotopic (exact) mass is 292 g/mol. The van der Waals surface area contributed by atoms with Crippen molar-refractivity contribution in [2.75, 3.05) is 0 Å². The maximum absolute atomic E-state index is 13.2. The summed E-state index contributed by atoms with van der Waals surface area (Å²) in [5.41, 5.74) is 1.83. The highest BCUT2D eigenvalue weighted by Gasteiger charge is 2.14. The van der Waals surface area contributed by atoms with Crippen molar-refractivity contribution in [2.45, 2.75) is 6.92 Å². The van der Waals surface area contributed by atoms with Crippen LogP contribution in [0, 0.1) is 12.7 Å². The molecule has 0 aliphatic rings. The first-order valence-corrected chi connectivity index (χ1v) is 5.94. The molecule has 0 bridgehead atoms. The maximum atomic E-state index is 13.2. The van der Waals surface area contributed by atoms with E-state index in [2.05, 4.69) is 15.9 Å². The lowest BCUT2D eigenvalue weighted by molar-refractivity contribution is 0.103. The van der Waals surface area contributed by atoms with Crippen LogP contribution in [0.5, 0.6) is 0 Å². The van der Waals surface area contributed by atoms with E-state index in [0.717, 1.165) is 5.56 Å². The number of aryl methyl sites for hydroxylation is 1. The highest BCUT2D eigenvalue weighted by molar-refractivity contribution is 9.10. The molecule has 0 fully saturated rings. The van der Waals surface area contributed by atoms with E-state index in [1.165, 1.54) is 12.1 Å². The molecule has 0 aromatic heterocycles. The molecule has 0 amide bonds. The molecule has 0 radical (unpaired) electrons. The van der Waals surface area contributed by atoms with Crippen LogP contribution >= 0.6 is 15.9 Å². The van der Waals surface area contributed by atoms with E-state index in [9.17, 15) is 9.18 Å². The van der Waals surface area contributed by atoms with Gasteiger partial charge in [0.05, 0.1) is 0 Å². The van der Waals surface area contributed by atoms with Crippen LogP contribution in [0.3, 0.4) is 0 Å². The van der Waals surface area contributed by atoms with Gasteiger partial charge in [-0.15, -0.1) is 0 Å². The van der Waals surface area contributed by atoms with Crippen molar-refractivity contribution in [2.24, 2.45) is 0 Å². The van der Waals surface area contributed by atoms with E-state index in [0.29, 0.717) is 15.6 Å². The van der Waals surface area contributed by atoms with Crippen LogP contribution in [0.15, 0.2) is 46.9 Å². The lowest BCUT2D eigenvalue weighted by Crippen LogP contribution is -2.04. The second-order valence-corrected chi connectivity index (χ2v) is 4.62. The van der Waals surface area contributed by atoms with Crippen molar-refractivity contribution in [3.63, 3.8) is 0 Å². The van der Waals surface area contributed by atoms with Gasteiger partial charge in [-0.3, -0.25) is 4.79 Å². The van der Waals surface area contributed by atoms with Crippen molar-refractivity contribution in [1.29, 1.82) is 0 Å². The Hall–Kier alpha value is -1.48. The van der Waals surface area contributed by atoms with Gasteiger partial charge in [-0.2, -0.15) is 0 Å². The van der Waals surface area contributed by atoms with Crippen molar-refractivity contribution in [3.8, 4) is 0 Å². The molecule has 3 heteroatoms. The van der Waals surface area contributed by atoms with Gasteiger partial charge >= 0.3 is 0 Å². The molecule has 2 rings (SSSR count). The molecular weight excluding hydrogens is 283 g/mol. The summed E-state index contributed by atoms with van der Waals surface area (Å²) in [6.45, 7) is 1.86. The van der Waals surface area contributed by atoms with E-state index >= 15 is 0 Å². The van der Waals surface area contributed by atoms with Gasteiger partial charge in [-0.25, -0.2) is 4.39 Å². The topological polar surface area (TPSA) is 17.1 Å². The summed E-state index contributed by atoms with van der Waals surface area (Å²) in [7, 11) is 0. The van der Waals surface area contributed by atoms with Crippen LogP contribution in [0.4, 0.5) is 4.39 Å². The minimum Gasteiger partial charge on any atom is -0.289 e. The summed E-state index contributed by atoms with van der Waals surface area (Å²) >= 11 is 3.27. The Kier molecular flexibility index (Phi) is 3.38. The summed E-state index contributed by atoms with van der Waals surface area (Å²) in [6.07, 6.45) is 0. The second-order valence-electron chi connectivity index (χ2n) is 3.77. The smallest absolute Gasteiger partial charge is 0.194 e. The number of carbonyl (C=O) groups is 1. The molecule has 0 aliphatic heterocycles. The van der Waals surface area contributed by atoms with E-state index in [4.69, 9.17) is 0 Å². The number of halogens is 2. The Morgan fingerprint density at radius 1 is 1.12 bits per heavy atom. The molecule has 1 nitrogen and oxygen atoms in total. The number of hydrogen-bond acceptors (Lipinski definition) is 1. The molecule has 17 heavy (non-hydrogen) atoms. The molecule has 0 spiro atoms. The number of benzene rings is 2. The molecule has 2 aromatic rings. The van der Waals surface area contributed by atoms with Gasteiger partial charge in [-0.1, -0.05) is 40.2 Å². The highest BCUT2D eigenvalue weighted by atomic mass is 79.9. The van der Waals surface area contributed by atoms with Gasteiger partial charge in [0.1, 0.15) is 5.82 Å². The molecule has 0 saturated carbocycles. The quantitative estimate of drug-likeness (QED) is 0.761. The predicted molar refractivity (Wildman–Crippen MR) is 68.7 cm³/mol. The van der Waals surface area contributed by atoms with Crippen molar-refractivity contribution in [3.05, 3.63) is 69.4 Å². The molecule has 0 heterocycles. The summed E-state index contributed by atoms with van der Waals surface area (Å²) in [5.74, 6) is -0.584. The summed E-state index contributed by atoms with van der Waals surface area (Å²) in [4.78, 5) is 12.2. The molecule has 2 aromatic carbocycles. The fourth-order valence-corrected chi connectivity index (χ4v) is 2.07. The second kappa shape index (κ2) is 4.80. The normalized spacial score (nSPS) is 10.3. The van der Waals surface area contributed by atoms with Crippen LogP contribution in [0.25, 0.3) is 0 Å². The highest BCUT2D eigenvalue weighted by Crippen LogP contribution is 2.22. The van der Waals surface area contributed by atoms with Gasteiger partial charge in [0, 0.05) is 15.6 Å². The average molecular weight is 293 g/mol. The summed E-state index contributed by atoms with van der Waals surface area (Å²) < 4.78 is 13.8. The first-order chi connectivity index (χ1) is 8.09. The van der Waals surface area contributed by atoms with Gasteiger partial charge in [-0.05, 0) is 30.7 Å². The maximum Gasteiger partial charge on any atom is 0.194 e. The van der Waals surface area contributed by atoms with Crippen LogP contribution in [-0.4, -0.2) is 5.78 Å². The average Bonchev–Trinajstić information content (AvgIpc) is 2.32. The van der Waals surface area contributed by atoms with Crippen LogP contribution < -0.4 is 0 Å². The third-order valence-electron chi connectivity index (χ3n) is 2.56. The van der Waals surface area contributed by atoms with Crippen LogP contribution in [0.1, 0.15) is 21.5 Å². The lowest BCUT2D eigenvalue weighted by atomic mass is 9.99. The standard InChI is InChI=1S/C14H10BrFO/c1-9-4-2-3-5-11(9)14(17)12-8-10(16)6-7-13(12)15/h2-8H,1H3. The number of ketones is 1. The van der Waals surface area contributed by atoms with E-state index in [1.807, 2.05) is 19.1 Å². The molecule has 0 unspecified atom stereocenters. The molecule has 0 atom stereocenters. The predicted octanol–water partition coefficient (Wildman–Crippen LogP) is 4.13. The largest absolute Gasteiger partial charge is 0.289 e. The number of hydrogen-bond donors (Lipinski definition) is 0. The first-order valence-electron chi connectivity index (χ1n) is 5.15. The van der Waals surface area contributed by atoms with Crippen molar-refractivity contribution in [1.82, 2.24) is 0 Å². The summed E-state index contributed by atoms with van der Waals surface area (Å²) in [5, 5.41) is 0. The van der Waals surface area contributed by atoms with Crippen molar-refractivity contribution < 1.29 is 9.18 Å². The lowest BCUT2D eigenvalue weighted by Gasteiger charge is -2.06. The minimum absolute atomic E-state index is 0.172. The molecular formula is C14H10BrFO.